The third-order valence-corrected chi connectivity index (χ3v) is 7.52. The maximum atomic E-state index is 12.1. The second-order valence-corrected chi connectivity index (χ2v) is 10.3. The van der Waals surface area contributed by atoms with Crippen molar-refractivity contribution in [2.75, 3.05) is 12.3 Å². The summed E-state index contributed by atoms with van der Waals surface area (Å²) in [5.74, 6) is 0.0176. The molecule has 0 aliphatic carbocycles. The van der Waals surface area contributed by atoms with E-state index in [1.165, 1.54) is 4.57 Å². The predicted octanol–water partition coefficient (Wildman–Crippen LogP) is -11.4. The molecule has 12 N–H and O–H groups in total. The standard InChI is InChI=1S/C10H16N5O13P3.2Na.3H2O/c11-8-5-9(13-2-12-8)15(3-14-5)10-7(17)6(16)4(26-10)1-25-31(24,27-29(18,19)20)28-30(21,22)23;;;;;/h2-4,6-7,10,16-17H,1H2,(H2,11,12,13)(H2,18,19,20)(H2,21,22,23);;;3*1H2/q;2*+1;;;/p-2/t4-,6-,7-,10-;;;;;/m1...../s1. The van der Waals surface area contributed by atoms with Gasteiger partial charge in [-0.15, -0.1) is 0 Å². The Hall–Kier alpha value is 0.520. The number of aliphatic hydroxyl groups is 2. The molecule has 0 radical (unpaired) electrons. The van der Waals surface area contributed by atoms with Gasteiger partial charge in [-0.2, -0.15) is 4.31 Å². The van der Waals surface area contributed by atoms with Crippen LogP contribution in [0.15, 0.2) is 12.7 Å². The van der Waals surface area contributed by atoms with Gasteiger partial charge < -0.3 is 61.3 Å². The van der Waals surface area contributed by atoms with Crippen molar-refractivity contribution >= 4 is 40.4 Å². The van der Waals surface area contributed by atoms with Crippen LogP contribution in [0.4, 0.5) is 5.82 Å². The van der Waals surface area contributed by atoms with Crippen LogP contribution in [0.1, 0.15) is 6.23 Å². The molecule has 2 aromatic heterocycles. The molecule has 1 fully saturated rings. The van der Waals surface area contributed by atoms with Crippen molar-refractivity contribution in [1.29, 1.82) is 0 Å². The van der Waals surface area contributed by atoms with Gasteiger partial charge >= 0.3 is 74.8 Å². The number of nitrogen functional groups attached to an aromatic ring is 1. The summed E-state index contributed by atoms with van der Waals surface area (Å²) < 4.78 is 51.9. The number of ether oxygens (including phenoxy) is 1. The molecule has 198 valence electrons. The third kappa shape index (κ3) is 10.2. The van der Waals surface area contributed by atoms with Gasteiger partial charge in [-0.3, -0.25) is 13.4 Å². The van der Waals surface area contributed by atoms with Crippen LogP contribution in [0.3, 0.4) is 0 Å². The second kappa shape index (κ2) is 15.3. The quantitative estimate of drug-likeness (QED) is 0.138. The Morgan fingerprint density at radius 3 is 2.14 bits per heavy atom. The zero-order chi connectivity index (χ0) is 23.2. The number of imidazole rings is 1. The number of phosphoric acid groups is 3. The zero-order valence-electron chi connectivity index (χ0n) is 18.3. The molecule has 1 unspecified atom stereocenters. The SMILES string of the molecule is Nc1ncnc2c1ncn2[C@@H]1O[C@H](COP(=O)(OP(=O)([O-])[O-])OP(=O)(O)O)[C@@H](O)[C@H]1O.O.O.O.[Na+].[Na+]. The minimum atomic E-state index is -6.09. The van der Waals surface area contributed by atoms with Gasteiger partial charge in [0.05, 0.1) is 20.8 Å². The Labute approximate surface area is 244 Å². The van der Waals surface area contributed by atoms with Gasteiger partial charge in [0, 0.05) is 0 Å². The van der Waals surface area contributed by atoms with E-state index in [0.29, 0.717) is 0 Å². The number of fused-ring (bicyclic) bond motifs is 1. The van der Waals surface area contributed by atoms with Crippen LogP contribution >= 0.6 is 23.5 Å². The first kappa shape index (κ1) is 41.0. The first-order valence-electron chi connectivity index (χ1n) is 7.88. The molecule has 0 spiro atoms. The van der Waals surface area contributed by atoms with E-state index in [2.05, 4.69) is 28.1 Å². The zero-order valence-corrected chi connectivity index (χ0v) is 25.0. The molecule has 0 amide bonds. The molecule has 0 bridgehead atoms. The topological polar surface area (TPSA) is 379 Å². The smallest absolute Gasteiger partial charge is 0.789 e. The van der Waals surface area contributed by atoms with Gasteiger partial charge in [-0.05, 0) is 0 Å². The first-order chi connectivity index (χ1) is 14.2. The van der Waals surface area contributed by atoms with Gasteiger partial charge in [-0.25, -0.2) is 24.1 Å². The molecular weight excluding hydrogens is 585 g/mol. The second-order valence-electron chi connectivity index (χ2n) is 5.97. The average Bonchev–Trinajstić information content (AvgIpc) is 3.13. The van der Waals surface area contributed by atoms with Crippen molar-refractivity contribution in [3.63, 3.8) is 0 Å². The Morgan fingerprint density at radius 1 is 1.03 bits per heavy atom. The molecule has 1 aliphatic heterocycles. The average molecular weight is 605 g/mol. The minimum Gasteiger partial charge on any atom is -0.789 e. The van der Waals surface area contributed by atoms with Crippen molar-refractivity contribution in [2.24, 2.45) is 0 Å². The van der Waals surface area contributed by atoms with Crippen molar-refractivity contribution in [1.82, 2.24) is 19.5 Å². The molecule has 0 aromatic carbocycles. The fourth-order valence-electron chi connectivity index (χ4n) is 2.63. The van der Waals surface area contributed by atoms with E-state index in [1.54, 1.807) is 0 Å². The number of aromatic nitrogens is 4. The third-order valence-electron chi connectivity index (χ3n) is 3.80. The van der Waals surface area contributed by atoms with Crippen molar-refractivity contribution in [3.05, 3.63) is 12.7 Å². The maximum absolute atomic E-state index is 12.1. The fourth-order valence-corrected chi connectivity index (χ4v) is 5.75. The van der Waals surface area contributed by atoms with E-state index >= 15 is 0 Å². The van der Waals surface area contributed by atoms with E-state index in [1.807, 2.05) is 0 Å². The number of nitrogens with two attached hydrogens (primary N) is 1. The van der Waals surface area contributed by atoms with E-state index < -0.39 is 54.6 Å². The van der Waals surface area contributed by atoms with Crippen LogP contribution in [0.5, 0.6) is 0 Å². The van der Waals surface area contributed by atoms with Crippen LogP contribution in [-0.4, -0.2) is 80.9 Å². The van der Waals surface area contributed by atoms with Crippen LogP contribution in [0.2, 0.25) is 0 Å². The Kier molecular flexibility index (Phi) is 17.5. The van der Waals surface area contributed by atoms with Gasteiger partial charge in [0.15, 0.2) is 17.7 Å². The molecule has 1 saturated heterocycles. The Bertz CT molecular complexity index is 1090. The molecule has 5 atom stereocenters. The molecule has 2 aromatic rings. The van der Waals surface area contributed by atoms with Crippen molar-refractivity contribution in [3.8, 4) is 0 Å². The van der Waals surface area contributed by atoms with E-state index in [9.17, 15) is 33.7 Å². The van der Waals surface area contributed by atoms with E-state index in [0.717, 1.165) is 12.7 Å². The number of anilines is 1. The predicted molar refractivity (Wildman–Crippen MR) is 102 cm³/mol. The van der Waals surface area contributed by atoms with E-state index in [4.69, 9.17) is 20.3 Å². The Balaban J connectivity index is -0.00000218. The summed E-state index contributed by atoms with van der Waals surface area (Å²) in [5, 5.41) is 20.4. The van der Waals surface area contributed by atoms with Crippen LogP contribution in [0.25, 0.3) is 11.2 Å². The number of nitrogens with zero attached hydrogens (tertiary/aromatic N) is 4. The van der Waals surface area contributed by atoms with Crippen LogP contribution < -0.4 is 74.6 Å². The van der Waals surface area contributed by atoms with Gasteiger partial charge in [0.25, 0.3) is 0 Å². The summed E-state index contributed by atoms with van der Waals surface area (Å²) in [7, 11) is -17.4. The fraction of sp³-hybridized carbons (Fsp3) is 0.500. The summed E-state index contributed by atoms with van der Waals surface area (Å²) in [6.07, 6.45) is -4.06. The number of rotatable bonds is 8. The van der Waals surface area contributed by atoms with Crippen LogP contribution in [-0.2, 0) is 31.6 Å². The van der Waals surface area contributed by atoms with E-state index in [-0.39, 0.29) is 92.5 Å². The van der Waals surface area contributed by atoms with Gasteiger partial charge in [-0.1, -0.05) is 0 Å². The summed E-state index contributed by atoms with van der Waals surface area (Å²) in [6.45, 7) is -1.09. The summed E-state index contributed by atoms with van der Waals surface area (Å²) in [4.78, 5) is 50.5. The maximum Gasteiger partial charge on any atom is 1.00 e. The summed E-state index contributed by atoms with van der Waals surface area (Å²) in [5.41, 5.74) is 5.93. The number of hydrogen-bond acceptors (Lipinski definition) is 15. The molecule has 26 heteroatoms. The summed E-state index contributed by atoms with van der Waals surface area (Å²) in [6, 6.07) is 0. The summed E-state index contributed by atoms with van der Waals surface area (Å²) >= 11 is 0. The molecule has 0 saturated carbocycles. The Morgan fingerprint density at radius 2 is 1.61 bits per heavy atom. The van der Waals surface area contributed by atoms with Gasteiger partial charge in [0.2, 0.25) is 0 Å². The first-order valence-corrected chi connectivity index (χ1v) is 12.3. The molecule has 3 heterocycles. The molecule has 36 heavy (non-hydrogen) atoms. The molecule has 1 aliphatic rings. The molecule has 21 nitrogen and oxygen atoms in total. The molecular formula is C10H20N5Na2O16P3. The van der Waals surface area contributed by atoms with Crippen LogP contribution in [0, 0.1) is 0 Å². The van der Waals surface area contributed by atoms with Crippen molar-refractivity contribution < 1.29 is 137 Å². The largest absolute Gasteiger partial charge is 1.00 e. The number of aliphatic hydroxyl groups excluding tert-OH is 2. The van der Waals surface area contributed by atoms with Crippen molar-refractivity contribution in [2.45, 2.75) is 24.5 Å². The van der Waals surface area contributed by atoms with Gasteiger partial charge in [0.1, 0.15) is 30.2 Å². The molecule has 3 rings (SSSR count). The number of hydrogen-bond donors (Lipinski definition) is 5. The normalized spacial score (nSPS) is 23.2. The monoisotopic (exact) mass is 605 g/mol. The minimum absolute atomic E-state index is 0.